The van der Waals surface area contributed by atoms with Crippen molar-refractivity contribution in [1.29, 1.82) is 0 Å². The SMILES string of the molecule is Cc1cscc1Cn1c(CCl)nc2ccc(Cl)cc21. The van der Waals surface area contributed by atoms with Crippen molar-refractivity contribution in [3.63, 3.8) is 0 Å². The topological polar surface area (TPSA) is 17.8 Å². The minimum absolute atomic E-state index is 0.398. The molecule has 5 heteroatoms. The number of aromatic nitrogens is 2. The second kappa shape index (κ2) is 5.16. The first-order valence-electron chi connectivity index (χ1n) is 5.91. The Kier molecular flexibility index (Phi) is 3.52. The normalized spacial score (nSPS) is 11.3. The lowest BCUT2D eigenvalue weighted by Gasteiger charge is -2.07. The van der Waals surface area contributed by atoms with Gasteiger partial charge in [-0.3, -0.25) is 0 Å². The molecule has 0 fully saturated rings. The molecule has 3 aromatic rings. The largest absolute Gasteiger partial charge is 0.322 e. The van der Waals surface area contributed by atoms with E-state index in [4.69, 9.17) is 23.2 Å². The monoisotopic (exact) mass is 310 g/mol. The summed E-state index contributed by atoms with van der Waals surface area (Å²) in [7, 11) is 0. The van der Waals surface area contributed by atoms with Crippen molar-refractivity contribution in [2.75, 3.05) is 0 Å². The van der Waals surface area contributed by atoms with Crippen LogP contribution in [0, 0.1) is 6.92 Å². The maximum absolute atomic E-state index is 6.08. The zero-order valence-electron chi connectivity index (χ0n) is 10.4. The van der Waals surface area contributed by atoms with Gasteiger partial charge in [0.2, 0.25) is 0 Å². The van der Waals surface area contributed by atoms with Crippen molar-refractivity contribution in [3.05, 3.63) is 50.9 Å². The van der Waals surface area contributed by atoms with Gasteiger partial charge >= 0.3 is 0 Å². The second-order valence-electron chi connectivity index (χ2n) is 4.46. The molecule has 98 valence electrons. The lowest BCUT2D eigenvalue weighted by atomic mass is 10.2. The number of halogens is 2. The van der Waals surface area contributed by atoms with E-state index in [0.29, 0.717) is 5.88 Å². The van der Waals surface area contributed by atoms with E-state index < -0.39 is 0 Å². The molecule has 0 unspecified atom stereocenters. The van der Waals surface area contributed by atoms with Crippen molar-refractivity contribution in [2.45, 2.75) is 19.3 Å². The minimum Gasteiger partial charge on any atom is -0.322 e. The molecule has 2 aromatic heterocycles. The van der Waals surface area contributed by atoms with Crippen molar-refractivity contribution in [1.82, 2.24) is 9.55 Å². The fourth-order valence-corrected chi connectivity index (χ4v) is 3.36. The van der Waals surface area contributed by atoms with E-state index in [2.05, 4.69) is 27.2 Å². The smallest absolute Gasteiger partial charge is 0.125 e. The third-order valence-electron chi connectivity index (χ3n) is 3.20. The molecule has 0 N–H and O–H groups in total. The van der Waals surface area contributed by atoms with Crippen molar-refractivity contribution >= 4 is 45.6 Å². The first kappa shape index (κ1) is 13.0. The first-order valence-corrected chi connectivity index (χ1v) is 7.77. The van der Waals surface area contributed by atoms with E-state index in [1.165, 1.54) is 11.1 Å². The number of alkyl halides is 1. The molecule has 0 aliphatic rings. The van der Waals surface area contributed by atoms with Gasteiger partial charge in [0.1, 0.15) is 5.82 Å². The molecule has 0 saturated carbocycles. The molecule has 0 radical (unpaired) electrons. The van der Waals surface area contributed by atoms with Gasteiger partial charge in [-0.25, -0.2) is 4.98 Å². The lowest BCUT2D eigenvalue weighted by molar-refractivity contribution is 0.777. The summed E-state index contributed by atoms with van der Waals surface area (Å²) in [6.07, 6.45) is 0. The van der Waals surface area contributed by atoms with Crippen LogP contribution in [0.25, 0.3) is 11.0 Å². The molecular formula is C14H12Cl2N2S. The van der Waals surface area contributed by atoms with Gasteiger partial charge in [-0.15, -0.1) is 11.6 Å². The van der Waals surface area contributed by atoms with Gasteiger partial charge < -0.3 is 4.57 Å². The third-order valence-corrected chi connectivity index (χ3v) is 4.58. The number of hydrogen-bond acceptors (Lipinski definition) is 2. The summed E-state index contributed by atoms with van der Waals surface area (Å²) in [5, 5.41) is 5.04. The Labute approximate surface area is 125 Å². The van der Waals surface area contributed by atoms with Crippen LogP contribution in [0.15, 0.2) is 29.0 Å². The summed E-state index contributed by atoms with van der Waals surface area (Å²) in [4.78, 5) is 4.56. The summed E-state index contributed by atoms with van der Waals surface area (Å²) in [6.45, 7) is 2.91. The summed E-state index contributed by atoms with van der Waals surface area (Å²) in [6, 6.07) is 5.74. The number of benzene rings is 1. The Morgan fingerprint density at radius 3 is 2.84 bits per heavy atom. The molecule has 2 heterocycles. The Bertz CT molecular complexity index is 730. The zero-order valence-corrected chi connectivity index (χ0v) is 12.7. The van der Waals surface area contributed by atoms with Crippen LogP contribution in [-0.4, -0.2) is 9.55 Å². The van der Waals surface area contributed by atoms with Crippen LogP contribution in [0.1, 0.15) is 17.0 Å². The van der Waals surface area contributed by atoms with E-state index in [1.807, 2.05) is 18.2 Å². The Hall–Kier alpha value is -1.03. The lowest BCUT2D eigenvalue weighted by Crippen LogP contribution is -2.03. The fourth-order valence-electron chi connectivity index (χ4n) is 2.14. The molecule has 0 spiro atoms. The van der Waals surface area contributed by atoms with E-state index in [1.54, 1.807) is 11.3 Å². The van der Waals surface area contributed by atoms with Crippen LogP contribution < -0.4 is 0 Å². The molecule has 0 amide bonds. The fraction of sp³-hybridized carbons (Fsp3) is 0.214. The number of aryl methyl sites for hydroxylation is 1. The average molecular weight is 311 g/mol. The standard InChI is InChI=1S/C14H12Cl2N2S/c1-9-7-19-8-10(9)6-18-13-4-11(16)2-3-12(13)17-14(18)5-15/h2-4,7-8H,5-6H2,1H3. The molecule has 0 saturated heterocycles. The van der Waals surface area contributed by atoms with Crippen LogP contribution in [0.5, 0.6) is 0 Å². The molecule has 2 nitrogen and oxygen atoms in total. The molecule has 0 atom stereocenters. The zero-order chi connectivity index (χ0) is 13.4. The predicted molar refractivity (Wildman–Crippen MR) is 82.5 cm³/mol. The maximum Gasteiger partial charge on any atom is 0.125 e. The number of fused-ring (bicyclic) bond motifs is 1. The van der Waals surface area contributed by atoms with Gasteiger partial charge in [0, 0.05) is 5.02 Å². The summed E-state index contributed by atoms with van der Waals surface area (Å²) < 4.78 is 2.14. The quantitative estimate of drug-likeness (QED) is 0.632. The highest BCUT2D eigenvalue weighted by Crippen LogP contribution is 2.24. The molecule has 0 bridgehead atoms. The van der Waals surface area contributed by atoms with Crippen LogP contribution in [0.3, 0.4) is 0 Å². The van der Waals surface area contributed by atoms with Gasteiger partial charge in [0.15, 0.2) is 0 Å². The third kappa shape index (κ3) is 2.38. The van der Waals surface area contributed by atoms with Crippen LogP contribution in [0.2, 0.25) is 5.02 Å². The molecule has 0 aliphatic heterocycles. The van der Waals surface area contributed by atoms with Crippen molar-refractivity contribution in [3.8, 4) is 0 Å². The van der Waals surface area contributed by atoms with Crippen molar-refractivity contribution in [2.24, 2.45) is 0 Å². The number of thiophene rings is 1. The summed E-state index contributed by atoms with van der Waals surface area (Å²) in [5.74, 6) is 1.28. The molecular weight excluding hydrogens is 299 g/mol. The van der Waals surface area contributed by atoms with Gasteiger partial charge in [-0.2, -0.15) is 11.3 Å². The predicted octanol–water partition coefficient (Wildman–Crippen LogP) is 4.85. The van der Waals surface area contributed by atoms with E-state index >= 15 is 0 Å². The molecule has 0 aliphatic carbocycles. The van der Waals surface area contributed by atoms with Crippen molar-refractivity contribution < 1.29 is 0 Å². The second-order valence-corrected chi connectivity index (χ2v) is 5.91. The molecule has 19 heavy (non-hydrogen) atoms. The van der Waals surface area contributed by atoms with Gasteiger partial charge in [0.05, 0.1) is 23.5 Å². The number of hydrogen-bond donors (Lipinski definition) is 0. The van der Waals surface area contributed by atoms with Gasteiger partial charge in [0.25, 0.3) is 0 Å². The highest BCUT2D eigenvalue weighted by Gasteiger charge is 2.12. The Morgan fingerprint density at radius 2 is 2.16 bits per heavy atom. The van der Waals surface area contributed by atoms with E-state index in [0.717, 1.165) is 28.4 Å². The van der Waals surface area contributed by atoms with Gasteiger partial charge in [-0.1, -0.05) is 11.6 Å². The number of rotatable bonds is 3. The summed E-state index contributed by atoms with van der Waals surface area (Å²) >= 11 is 13.8. The summed E-state index contributed by atoms with van der Waals surface area (Å²) in [5.41, 5.74) is 4.58. The van der Waals surface area contributed by atoms with E-state index in [9.17, 15) is 0 Å². The van der Waals surface area contributed by atoms with E-state index in [-0.39, 0.29) is 0 Å². The molecule has 3 rings (SSSR count). The van der Waals surface area contributed by atoms with Crippen LogP contribution in [-0.2, 0) is 12.4 Å². The van der Waals surface area contributed by atoms with Crippen LogP contribution >= 0.6 is 34.5 Å². The average Bonchev–Trinajstić information content (AvgIpc) is 2.95. The Balaban J connectivity index is 2.15. The highest BCUT2D eigenvalue weighted by atomic mass is 35.5. The Morgan fingerprint density at radius 1 is 1.32 bits per heavy atom. The number of nitrogens with zero attached hydrogens (tertiary/aromatic N) is 2. The molecule has 1 aromatic carbocycles. The minimum atomic E-state index is 0.398. The van der Waals surface area contributed by atoms with Crippen LogP contribution in [0.4, 0.5) is 0 Å². The highest BCUT2D eigenvalue weighted by molar-refractivity contribution is 7.08. The van der Waals surface area contributed by atoms with Gasteiger partial charge in [-0.05, 0) is 47.0 Å². The number of imidazole rings is 1. The first-order chi connectivity index (χ1) is 9.19. The maximum atomic E-state index is 6.08.